The van der Waals surface area contributed by atoms with Crippen LogP contribution in [0.15, 0.2) is 0 Å². The summed E-state index contributed by atoms with van der Waals surface area (Å²) in [5.74, 6) is 0.158. The van der Waals surface area contributed by atoms with Crippen molar-refractivity contribution in [3.63, 3.8) is 0 Å². The first-order valence-corrected chi connectivity index (χ1v) is 6.13. The molecule has 3 nitrogen and oxygen atoms in total. The second-order valence-electron chi connectivity index (χ2n) is 5.23. The highest BCUT2D eigenvalue weighted by Crippen LogP contribution is 2.30. The Bertz CT molecular complexity index is 234. The minimum atomic E-state index is -0.610. The summed E-state index contributed by atoms with van der Waals surface area (Å²) in [6.45, 7) is 4.10. The van der Waals surface area contributed by atoms with Crippen LogP contribution in [0, 0.1) is 11.8 Å². The van der Waals surface area contributed by atoms with E-state index >= 15 is 0 Å². The molecule has 15 heavy (non-hydrogen) atoms. The van der Waals surface area contributed by atoms with Gasteiger partial charge < -0.3 is 5.11 Å². The van der Waals surface area contributed by atoms with Crippen molar-refractivity contribution in [3.05, 3.63) is 0 Å². The molecular weight excluding hydrogens is 190 g/mol. The van der Waals surface area contributed by atoms with Crippen LogP contribution in [-0.2, 0) is 4.79 Å². The normalized spacial score (nSPS) is 38.1. The first-order valence-electron chi connectivity index (χ1n) is 6.13. The molecule has 0 aromatic rings. The van der Waals surface area contributed by atoms with E-state index in [9.17, 15) is 4.79 Å². The van der Waals surface area contributed by atoms with Crippen LogP contribution < -0.4 is 0 Å². The van der Waals surface area contributed by atoms with Gasteiger partial charge in [0.1, 0.15) is 0 Å². The molecule has 1 aliphatic carbocycles. The summed E-state index contributed by atoms with van der Waals surface area (Å²) in [6.07, 6.45) is 6.03. The largest absolute Gasteiger partial charge is 0.481 e. The van der Waals surface area contributed by atoms with Crippen molar-refractivity contribution >= 4 is 5.97 Å². The smallest absolute Gasteiger partial charge is 0.307 e. The molecule has 0 aromatic carbocycles. The van der Waals surface area contributed by atoms with E-state index in [-0.39, 0.29) is 5.92 Å². The number of carboxylic acid groups (broad SMARTS) is 1. The maximum atomic E-state index is 10.9. The van der Waals surface area contributed by atoms with Gasteiger partial charge in [0, 0.05) is 12.6 Å². The molecular formula is C12H21NO2. The molecule has 0 amide bonds. The molecule has 1 N–H and O–H groups in total. The highest BCUT2D eigenvalue weighted by Gasteiger charge is 2.33. The van der Waals surface area contributed by atoms with E-state index in [0.717, 1.165) is 25.4 Å². The number of hydrogen-bond donors (Lipinski definition) is 1. The van der Waals surface area contributed by atoms with E-state index in [1.165, 1.54) is 25.7 Å². The van der Waals surface area contributed by atoms with Crippen molar-refractivity contribution in [1.29, 1.82) is 0 Å². The van der Waals surface area contributed by atoms with Crippen molar-refractivity contribution in [2.75, 3.05) is 13.1 Å². The number of nitrogens with zero attached hydrogens (tertiary/aromatic N) is 1. The van der Waals surface area contributed by atoms with Crippen LogP contribution in [0.25, 0.3) is 0 Å². The first-order chi connectivity index (χ1) is 7.16. The average Bonchev–Trinajstić information content (AvgIpc) is 2.68. The van der Waals surface area contributed by atoms with Crippen molar-refractivity contribution in [3.8, 4) is 0 Å². The van der Waals surface area contributed by atoms with Crippen LogP contribution in [0.1, 0.15) is 39.0 Å². The summed E-state index contributed by atoms with van der Waals surface area (Å²) in [7, 11) is 0. The minimum absolute atomic E-state index is 0.107. The van der Waals surface area contributed by atoms with Gasteiger partial charge in [0.05, 0.1) is 5.92 Å². The summed E-state index contributed by atoms with van der Waals surface area (Å²) in [4.78, 5) is 13.3. The fourth-order valence-electron chi connectivity index (χ4n) is 2.93. The van der Waals surface area contributed by atoms with Crippen molar-refractivity contribution in [1.82, 2.24) is 4.90 Å². The Balaban J connectivity index is 1.83. The Kier molecular flexibility index (Phi) is 3.29. The number of carbonyl (C=O) groups is 1. The summed E-state index contributed by atoms with van der Waals surface area (Å²) in [5, 5.41) is 8.94. The van der Waals surface area contributed by atoms with E-state index in [1.54, 1.807) is 0 Å². The molecule has 2 fully saturated rings. The Hall–Kier alpha value is -0.570. The van der Waals surface area contributed by atoms with Gasteiger partial charge in [-0.1, -0.05) is 6.92 Å². The fourth-order valence-corrected chi connectivity index (χ4v) is 2.93. The molecule has 3 heteroatoms. The Morgan fingerprint density at radius 1 is 1.20 bits per heavy atom. The maximum absolute atomic E-state index is 10.9. The second kappa shape index (κ2) is 4.52. The minimum Gasteiger partial charge on any atom is -0.481 e. The van der Waals surface area contributed by atoms with Crippen LogP contribution in [0.3, 0.4) is 0 Å². The molecule has 1 unspecified atom stereocenters. The highest BCUT2D eigenvalue weighted by atomic mass is 16.4. The molecule has 1 aliphatic heterocycles. The van der Waals surface area contributed by atoms with E-state index < -0.39 is 5.97 Å². The number of likely N-dealkylation sites (tertiary alicyclic amines) is 1. The van der Waals surface area contributed by atoms with E-state index in [2.05, 4.69) is 11.8 Å². The molecule has 2 rings (SSSR count). The summed E-state index contributed by atoms with van der Waals surface area (Å²) < 4.78 is 0. The average molecular weight is 211 g/mol. The van der Waals surface area contributed by atoms with Gasteiger partial charge in [-0.25, -0.2) is 0 Å². The molecule has 1 atom stereocenters. The molecule has 1 heterocycles. The zero-order valence-electron chi connectivity index (χ0n) is 9.48. The Morgan fingerprint density at radius 2 is 1.87 bits per heavy atom. The highest BCUT2D eigenvalue weighted by molar-refractivity contribution is 5.70. The topological polar surface area (TPSA) is 40.5 Å². The lowest BCUT2D eigenvalue weighted by molar-refractivity contribution is -0.141. The lowest BCUT2D eigenvalue weighted by Crippen LogP contribution is -2.36. The first kappa shape index (κ1) is 10.9. The van der Waals surface area contributed by atoms with Crippen LogP contribution in [0.4, 0.5) is 0 Å². The third-order valence-corrected chi connectivity index (χ3v) is 4.07. The van der Waals surface area contributed by atoms with Gasteiger partial charge in [-0.15, -0.1) is 0 Å². The van der Waals surface area contributed by atoms with Gasteiger partial charge in [-0.05, 0) is 44.6 Å². The molecule has 0 bridgehead atoms. The SMILES string of the molecule is CC1CCC(N2CCC(C(=O)O)C2)CC1. The second-order valence-corrected chi connectivity index (χ2v) is 5.23. The van der Waals surface area contributed by atoms with Gasteiger partial charge in [-0.2, -0.15) is 0 Å². The lowest BCUT2D eigenvalue weighted by atomic mass is 9.87. The van der Waals surface area contributed by atoms with E-state index in [1.807, 2.05) is 0 Å². The predicted octanol–water partition coefficient (Wildman–Crippen LogP) is 1.97. The van der Waals surface area contributed by atoms with Gasteiger partial charge in [0.15, 0.2) is 0 Å². The standard InChI is InChI=1S/C12H21NO2/c1-9-2-4-11(5-3-9)13-7-6-10(8-13)12(14)15/h9-11H,2-8H2,1H3,(H,14,15). The lowest BCUT2D eigenvalue weighted by Gasteiger charge is -2.33. The third kappa shape index (κ3) is 2.51. The summed E-state index contributed by atoms with van der Waals surface area (Å²) in [5.41, 5.74) is 0. The third-order valence-electron chi connectivity index (χ3n) is 4.07. The van der Waals surface area contributed by atoms with Crippen molar-refractivity contribution in [2.45, 2.75) is 45.1 Å². The van der Waals surface area contributed by atoms with Crippen LogP contribution >= 0.6 is 0 Å². The van der Waals surface area contributed by atoms with Gasteiger partial charge in [0.2, 0.25) is 0 Å². The summed E-state index contributed by atoms with van der Waals surface area (Å²) in [6, 6.07) is 0.672. The zero-order chi connectivity index (χ0) is 10.8. The predicted molar refractivity (Wildman–Crippen MR) is 58.7 cm³/mol. The quantitative estimate of drug-likeness (QED) is 0.759. The number of rotatable bonds is 2. The summed E-state index contributed by atoms with van der Waals surface area (Å²) >= 11 is 0. The molecule has 0 spiro atoms. The Labute approximate surface area is 91.5 Å². The van der Waals surface area contributed by atoms with Crippen LogP contribution in [0.2, 0.25) is 0 Å². The number of aliphatic carboxylic acids is 1. The molecule has 86 valence electrons. The monoisotopic (exact) mass is 211 g/mol. The van der Waals surface area contributed by atoms with Crippen molar-refractivity contribution in [2.24, 2.45) is 11.8 Å². The number of hydrogen-bond acceptors (Lipinski definition) is 2. The van der Waals surface area contributed by atoms with E-state index in [0.29, 0.717) is 6.04 Å². The molecule has 1 saturated heterocycles. The zero-order valence-corrected chi connectivity index (χ0v) is 9.48. The van der Waals surface area contributed by atoms with Gasteiger partial charge in [-0.3, -0.25) is 9.69 Å². The molecule has 0 aromatic heterocycles. The fraction of sp³-hybridized carbons (Fsp3) is 0.917. The molecule has 1 saturated carbocycles. The molecule has 0 radical (unpaired) electrons. The van der Waals surface area contributed by atoms with Gasteiger partial charge >= 0.3 is 5.97 Å². The van der Waals surface area contributed by atoms with Crippen molar-refractivity contribution < 1.29 is 9.90 Å². The van der Waals surface area contributed by atoms with Crippen LogP contribution in [0.5, 0.6) is 0 Å². The van der Waals surface area contributed by atoms with E-state index in [4.69, 9.17) is 5.11 Å². The number of carboxylic acids is 1. The van der Waals surface area contributed by atoms with Gasteiger partial charge in [0.25, 0.3) is 0 Å². The maximum Gasteiger partial charge on any atom is 0.307 e. The Morgan fingerprint density at radius 3 is 2.40 bits per heavy atom. The van der Waals surface area contributed by atoms with Crippen LogP contribution in [-0.4, -0.2) is 35.1 Å². The molecule has 2 aliphatic rings.